The predicted octanol–water partition coefficient (Wildman–Crippen LogP) is 3.04. The van der Waals surface area contributed by atoms with Crippen LogP contribution in [-0.2, 0) is 11.8 Å². The summed E-state index contributed by atoms with van der Waals surface area (Å²) >= 11 is 0. The summed E-state index contributed by atoms with van der Waals surface area (Å²) in [5, 5.41) is 0.986. The molecule has 4 rings (SSSR count). The first-order valence-electron chi connectivity index (χ1n) is 9.57. The van der Waals surface area contributed by atoms with Crippen molar-refractivity contribution >= 4 is 22.7 Å². The van der Waals surface area contributed by atoms with Gasteiger partial charge in [0, 0.05) is 55.4 Å². The van der Waals surface area contributed by atoms with Gasteiger partial charge < -0.3 is 14.4 Å². The fraction of sp³-hybridized carbons (Fsp3) is 0.524. The number of hydrogen-bond acceptors (Lipinski definition) is 2. The highest BCUT2D eigenvalue weighted by atomic mass is 16.2. The smallest absolute Gasteiger partial charge is 0.254 e. The summed E-state index contributed by atoms with van der Waals surface area (Å²) in [7, 11) is 1.99. The summed E-state index contributed by atoms with van der Waals surface area (Å²) in [5.41, 5.74) is 1.43. The van der Waals surface area contributed by atoms with Crippen molar-refractivity contribution in [3.63, 3.8) is 0 Å². The average Bonchev–Trinajstić information content (AvgIpc) is 3.22. The van der Waals surface area contributed by atoms with E-state index in [0.717, 1.165) is 42.3 Å². The molecule has 26 heavy (non-hydrogen) atoms. The lowest BCUT2D eigenvalue weighted by molar-refractivity contribution is -0.147. The number of likely N-dealkylation sites (tertiary alicyclic amines) is 2. The Morgan fingerprint density at radius 1 is 1.15 bits per heavy atom. The van der Waals surface area contributed by atoms with Crippen LogP contribution in [0.15, 0.2) is 30.5 Å². The van der Waals surface area contributed by atoms with Crippen LogP contribution in [0.5, 0.6) is 0 Å². The summed E-state index contributed by atoms with van der Waals surface area (Å²) in [6, 6.07) is 8.10. The third-order valence-electron chi connectivity index (χ3n) is 6.19. The third-order valence-corrected chi connectivity index (χ3v) is 6.19. The van der Waals surface area contributed by atoms with Crippen LogP contribution in [0, 0.1) is 5.41 Å². The number of hydrogen-bond donors (Lipinski definition) is 0. The van der Waals surface area contributed by atoms with Crippen molar-refractivity contribution in [3.8, 4) is 0 Å². The van der Waals surface area contributed by atoms with Gasteiger partial charge in [-0.2, -0.15) is 0 Å². The first kappa shape index (κ1) is 17.1. The molecule has 2 aliphatic heterocycles. The third kappa shape index (κ3) is 2.52. The number of benzene rings is 1. The van der Waals surface area contributed by atoms with Gasteiger partial charge in [-0.05, 0) is 51.3 Å². The molecule has 1 aromatic carbocycles. The Labute approximate surface area is 154 Å². The molecule has 0 N–H and O–H groups in total. The fourth-order valence-corrected chi connectivity index (χ4v) is 4.68. The largest absolute Gasteiger partial charge is 0.351 e. The molecule has 1 atom stereocenters. The highest BCUT2D eigenvalue weighted by Crippen LogP contribution is 2.41. The molecule has 0 bridgehead atoms. The van der Waals surface area contributed by atoms with Crippen molar-refractivity contribution in [2.45, 2.75) is 39.2 Å². The van der Waals surface area contributed by atoms with Gasteiger partial charge in [0.15, 0.2) is 0 Å². The number of rotatable bonds is 2. The minimum Gasteiger partial charge on any atom is -0.351 e. The van der Waals surface area contributed by atoms with Crippen molar-refractivity contribution in [1.82, 2.24) is 14.4 Å². The van der Waals surface area contributed by atoms with E-state index in [-0.39, 0.29) is 23.3 Å². The van der Waals surface area contributed by atoms with Crippen molar-refractivity contribution < 1.29 is 9.59 Å². The Kier molecular flexibility index (Phi) is 4.05. The highest BCUT2D eigenvalue weighted by Gasteiger charge is 2.49. The number of piperidine rings is 1. The van der Waals surface area contributed by atoms with Crippen LogP contribution < -0.4 is 0 Å². The van der Waals surface area contributed by atoms with Crippen molar-refractivity contribution in [1.29, 1.82) is 0 Å². The van der Waals surface area contributed by atoms with Crippen LogP contribution in [0.1, 0.15) is 43.5 Å². The monoisotopic (exact) mass is 353 g/mol. The summed E-state index contributed by atoms with van der Waals surface area (Å²) < 4.78 is 2.03. The maximum absolute atomic E-state index is 13.2. The summed E-state index contributed by atoms with van der Waals surface area (Å²) in [6.07, 6.45) is 4.69. The molecule has 0 aliphatic carbocycles. The molecule has 1 spiro atoms. The summed E-state index contributed by atoms with van der Waals surface area (Å²) in [4.78, 5) is 30.2. The van der Waals surface area contributed by atoms with Crippen LogP contribution in [0.2, 0.25) is 0 Å². The Morgan fingerprint density at radius 3 is 2.73 bits per heavy atom. The molecule has 1 aromatic heterocycles. The van der Waals surface area contributed by atoms with E-state index in [0.29, 0.717) is 13.1 Å². The van der Waals surface area contributed by atoms with E-state index < -0.39 is 0 Å². The number of carbonyl (C=O) groups excluding carboxylic acids is 2. The van der Waals surface area contributed by atoms with Crippen molar-refractivity contribution in [2.75, 3.05) is 19.6 Å². The maximum atomic E-state index is 13.2. The number of nitrogens with zero attached hydrogens (tertiary/aromatic N) is 3. The van der Waals surface area contributed by atoms with Crippen molar-refractivity contribution in [3.05, 3.63) is 36.0 Å². The predicted molar refractivity (Wildman–Crippen MR) is 102 cm³/mol. The van der Waals surface area contributed by atoms with E-state index >= 15 is 0 Å². The maximum Gasteiger partial charge on any atom is 0.254 e. The summed E-state index contributed by atoms with van der Waals surface area (Å²) in [5.74, 6) is 0.292. The lowest BCUT2D eigenvalue weighted by Crippen LogP contribution is -2.52. The van der Waals surface area contributed by atoms with E-state index in [2.05, 4.69) is 13.8 Å². The number of aromatic nitrogens is 1. The first-order valence-corrected chi connectivity index (χ1v) is 9.57. The molecular formula is C21H27N3O2. The second kappa shape index (κ2) is 6.15. The molecule has 138 valence electrons. The molecule has 2 amide bonds. The molecule has 2 aliphatic rings. The second-order valence-corrected chi connectivity index (χ2v) is 8.12. The fourth-order valence-electron chi connectivity index (χ4n) is 4.68. The lowest BCUT2D eigenvalue weighted by atomic mass is 9.78. The SMILES string of the molecule is CC(C)N1CCCC2(CCN(C(=O)c3cccc4c3ccn4C)C2)C1=O. The van der Waals surface area contributed by atoms with Crippen LogP contribution >= 0.6 is 0 Å². The lowest BCUT2D eigenvalue weighted by Gasteiger charge is -2.41. The van der Waals surface area contributed by atoms with E-state index in [1.807, 2.05) is 51.9 Å². The Balaban J connectivity index is 1.60. The molecule has 0 saturated carbocycles. The quantitative estimate of drug-likeness (QED) is 0.833. The molecule has 2 aromatic rings. The molecule has 3 heterocycles. The van der Waals surface area contributed by atoms with Gasteiger partial charge >= 0.3 is 0 Å². The molecule has 2 fully saturated rings. The summed E-state index contributed by atoms with van der Waals surface area (Å²) in [6.45, 7) is 6.21. The highest BCUT2D eigenvalue weighted by molar-refractivity contribution is 6.07. The average molecular weight is 353 g/mol. The minimum atomic E-state index is -0.372. The van der Waals surface area contributed by atoms with Gasteiger partial charge in [-0.3, -0.25) is 9.59 Å². The number of fused-ring (bicyclic) bond motifs is 1. The van der Waals surface area contributed by atoms with Crippen molar-refractivity contribution in [2.24, 2.45) is 12.5 Å². The standard InChI is InChI=1S/C21H27N3O2/c1-15(2)24-11-5-9-21(20(24)26)10-13-23(14-21)19(25)17-6-4-7-18-16(17)8-12-22(18)3/h4,6-8,12,15H,5,9-11,13-14H2,1-3H3. The van der Waals surface area contributed by atoms with Crippen LogP contribution in [0.25, 0.3) is 10.9 Å². The first-order chi connectivity index (χ1) is 12.4. The Hall–Kier alpha value is -2.30. The Morgan fingerprint density at radius 2 is 1.96 bits per heavy atom. The number of carbonyl (C=O) groups is 2. The molecule has 0 radical (unpaired) electrons. The second-order valence-electron chi connectivity index (χ2n) is 8.12. The topological polar surface area (TPSA) is 45.5 Å². The van der Waals surface area contributed by atoms with E-state index in [1.165, 1.54) is 0 Å². The van der Waals surface area contributed by atoms with Gasteiger partial charge in [-0.15, -0.1) is 0 Å². The van der Waals surface area contributed by atoms with Gasteiger partial charge in [-0.1, -0.05) is 6.07 Å². The molecular weight excluding hydrogens is 326 g/mol. The van der Waals surface area contributed by atoms with Crippen LogP contribution in [-0.4, -0.2) is 51.9 Å². The Bertz CT molecular complexity index is 869. The van der Waals surface area contributed by atoms with Crippen LogP contribution in [0.3, 0.4) is 0 Å². The zero-order valence-corrected chi connectivity index (χ0v) is 15.9. The van der Waals surface area contributed by atoms with Gasteiger partial charge in [0.05, 0.1) is 5.41 Å². The van der Waals surface area contributed by atoms with E-state index in [1.54, 1.807) is 0 Å². The molecule has 1 unspecified atom stereocenters. The normalized spacial score (nSPS) is 23.6. The number of amides is 2. The van der Waals surface area contributed by atoms with E-state index in [4.69, 9.17) is 0 Å². The van der Waals surface area contributed by atoms with E-state index in [9.17, 15) is 9.59 Å². The van der Waals surface area contributed by atoms with Crippen LogP contribution in [0.4, 0.5) is 0 Å². The zero-order chi connectivity index (χ0) is 18.5. The zero-order valence-electron chi connectivity index (χ0n) is 15.9. The van der Waals surface area contributed by atoms with Gasteiger partial charge in [0.25, 0.3) is 5.91 Å². The molecule has 2 saturated heterocycles. The molecule has 5 nitrogen and oxygen atoms in total. The van der Waals surface area contributed by atoms with Gasteiger partial charge in [0.2, 0.25) is 5.91 Å². The minimum absolute atomic E-state index is 0.0492. The molecule has 5 heteroatoms. The van der Waals surface area contributed by atoms with Gasteiger partial charge in [0.1, 0.15) is 0 Å². The number of aryl methyl sites for hydroxylation is 1. The van der Waals surface area contributed by atoms with Gasteiger partial charge in [-0.25, -0.2) is 0 Å².